The first-order valence-corrected chi connectivity index (χ1v) is 11.5. The van der Waals surface area contributed by atoms with E-state index >= 15 is 0 Å². The van der Waals surface area contributed by atoms with Crippen LogP contribution in [-0.4, -0.2) is 49.2 Å². The molecule has 2 aromatic carbocycles. The van der Waals surface area contributed by atoms with Crippen LogP contribution in [0.4, 0.5) is 4.39 Å². The number of ether oxygens (including phenoxy) is 1. The Labute approximate surface area is 190 Å². The Hall–Kier alpha value is -3.63. The number of sulfonamides is 1. The van der Waals surface area contributed by atoms with Gasteiger partial charge in [-0.15, -0.1) is 0 Å². The lowest BCUT2D eigenvalue weighted by molar-refractivity contribution is -0.122. The van der Waals surface area contributed by atoms with Crippen molar-refractivity contribution in [2.24, 2.45) is 0 Å². The molecule has 0 saturated carbocycles. The molecular formula is C23H20FN3O5S. The first-order chi connectivity index (χ1) is 15.8. The summed E-state index contributed by atoms with van der Waals surface area (Å²) in [4.78, 5) is 28.7. The van der Waals surface area contributed by atoms with E-state index in [1.807, 2.05) is 0 Å². The van der Waals surface area contributed by atoms with Crippen LogP contribution in [0, 0.1) is 5.82 Å². The highest BCUT2D eigenvalue weighted by atomic mass is 32.2. The summed E-state index contributed by atoms with van der Waals surface area (Å²) < 4.78 is 46.4. The highest BCUT2D eigenvalue weighted by molar-refractivity contribution is 7.89. The van der Waals surface area contributed by atoms with Crippen molar-refractivity contribution in [3.8, 4) is 0 Å². The third-order valence-corrected chi connectivity index (χ3v) is 6.88. The molecule has 33 heavy (non-hydrogen) atoms. The Bertz CT molecular complexity index is 1280. The van der Waals surface area contributed by atoms with Crippen LogP contribution in [0.1, 0.15) is 27.7 Å². The zero-order valence-corrected chi connectivity index (χ0v) is 18.2. The number of hydrogen-bond acceptors (Lipinski definition) is 6. The molecule has 1 N–H and O–H groups in total. The fraction of sp³-hybridized carbons (Fsp3) is 0.174. The molecule has 0 bridgehead atoms. The molecule has 4 rings (SSSR count). The number of esters is 1. The average molecular weight is 469 g/mol. The first-order valence-electron chi connectivity index (χ1n) is 10.1. The van der Waals surface area contributed by atoms with E-state index in [4.69, 9.17) is 4.74 Å². The predicted molar refractivity (Wildman–Crippen MR) is 116 cm³/mol. The number of benzene rings is 2. The monoisotopic (exact) mass is 469 g/mol. The fourth-order valence-corrected chi connectivity index (χ4v) is 4.87. The van der Waals surface area contributed by atoms with Gasteiger partial charge in [-0.3, -0.25) is 9.78 Å². The van der Waals surface area contributed by atoms with Gasteiger partial charge in [0.15, 0.2) is 6.10 Å². The summed E-state index contributed by atoms with van der Waals surface area (Å²) >= 11 is 0. The number of carbonyl (C=O) groups is 2. The smallest absolute Gasteiger partial charge is 0.339 e. The third-order valence-electron chi connectivity index (χ3n) is 5.04. The number of piperazine rings is 1. The van der Waals surface area contributed by atoms with Crippen LogP contribution < -0.4 is 5.32 Å². The lowest BCUT2D eigenvalue weighted by Crippen LogP contribution is -2.49. The van der Waals surface area contributed by atoms with Crippen molar-refractivity contribution >= 4 is 21.9 Å². The van der Waals surface area contributed by atoms with Crippen molar-refractivity contribution < 1.29 is 27.1 Å². The van der Waals surface area contributed by atoms with Crippen molar-refractivity contribution in [1.82, 2.24) is 14.6 Å². The normalized spacial score (nSPS) is 15.5. The van der Waals surface area contributed by atoms with E-state index in [-0.39, 0.29) is 30.1 Å². The van der Waals surface area contributed by atoms with Gasteiger partial charge in [0.05, 0.1) is 22.7 Å². The van der Waals surface area contributed by atoms with Gasteiger partial charge in [0.2, 0.25) is 15.9 Å². The Morgan fingerprint density at radius 1 is 1.09 bits per heavy atom. The highest BCUT2D eigenvalue weighted by Crippen LogP contribution is 2.27. The van der Waals surface area contributed by atoms with E-state index in [1.54, 1.807) is 24.3 Å². The van der Waals surface area contributed by atoms with E-state index in [0.29, 0.717) is 11.3 Å². The van der Waals surface area contributed by atoms with Crippen molar-refractivity contribution in [2.75, 3.05) is 19.6 Å². The van der Waals surface area contributed by atoms with Crippen LogP contribution in [0.25, 0.3) is 0 Å². The van der Waals surface area contributed by atoms with E-state index in [1.165, 1.54) is 48.7 Å². The van der Waals surface area contributed by atoms with E-state index in [9.17, 15) is 22.4 Å². The van der Waals surface area contributed by atoms with Crippen molar-refractivity contribution in [2.45, 2.75) is 11.0 Å². The van der Waals surface area contributed by atoms with Gasteiger partial charge < -0.3 is 10.1 Å². The van der Waals surface area contributed by atoms with Crippen LogP contribution in [-0.2, 0) is 19.6 Å². The Balaban J connectivity index is 1.62. The lowest BCUT2D eigenvalue weighted by Gasteiger charge is -2.26. The minimum absolute atomic E-state index is 0.00475. The maximum atomic E-state index is 13.8. The molecule has 1 atom stereocenters. The van der Waals surface area contributed by atoms with Crippen molar-refractivity contribution in [3.63, 3.8) is 0 Å². The Morgan fingerprint density at radius 3 is 2.64 bits per heavy atom. The molecule has 1 aliphatic rings. The van der Waals surface area contributed by atoms with Crippen LogP contribution in [0.3, 0.4) is 0 Å². The zero-order chi connectivity index (χ0) is 23.4. The van der Waals surface area contributed by atoms with Gasteiger partial charge >= 0.3 is 5.97 Å². The van der Waals surface area contributed by atoms with E-state index < -0.39 is 33.8 Å². The molecule has 1 amide bonds. The molecule has 1 aliphatic heterocycles. The zero-order valence-electron chi connectivity index (χ0n) is 17.3. The summed E-state index contributed by atoms with van der Waals surface area (Å²) in [6.07, 6.45) is 0.526. The summed E-state index contributed by atoms with van der Waals surface area (Å²) in [5.41, 5.74) is 0.764. The maximum Gasteiger partial charge on any atom is 0.339 e. The second-order valence-electron chi connectivity index (χ2n) is 7.31. The number of carbonyl (C=O) groups excluding carboxylic acids is 2. The van der Waals surface area contributed by atoms with Gasteiger partial charge in [0, 0.05) is 24.8 Å². The van der Waals surface area contributed by atoms with Crippen molar-refractivity contribution in [1.29, 1.82) is 0 Å². The van der Waals surface area contributed by atoms with Crippen LogP contribution in [0.5, 0.6) is 0 Å². The van der Waals surface area contributed by atoms with Crippen molar-refractivity contribution in [3.05, 3.63) is 95.6 Å². The molecule has 0 spiro atoms. The van der Waals surface area contributed by atoms with E-state index in [2.05, 4.69) is 10.3 Å². The maximum absolute atomic E-state index is 13.8. The summed E-state index contributed by atoms with van der Waals surface area (Å²) in [6.45, 7) is 0.0432. The molecule has 1 saturated heterocycles. The number of pyridine rings is 1. The Morgan fingerprint density at radius 2 is 1.91 bits per heavy atom. The summed E-state index contributed by atoms with van der Waals surface area (Å²) in [7, 11) is -3.99. The number of amides is 1. The van der Waals surface area contributed by atoms with Crippen LogP contribution in [0.2, 0.25) is 0 Å². The molecule has 10 heteroatoms. The molecule has 8 nitrogen and oxygen atoms in total. The predicted octanol–water partition coefficient (Wildman–Crippen LogP) is 2.29. The molecule has 1 fully saturated rings. The van der Waals surface area contributed by atoms with E-state index in [0.717, 1.165) is 4.31 Å². The Kier molecular flexibility index (Phi) is 6.47. The number of aromatic nitrogens is 1. The molecule has 170 valence electrons. The first kappa shape index (κ1) is 22.6. The number of rotatable bonds is 6. The van der Waals surface area contributed by atoms with Gasteiger partial charge in [0.25, 0.3) is 0 Å². The van der Waals surface area contributed by atoms with Gasteiger partial charge in [-0.1, -0.05) is 24.3 Å². The fourth-order valence-electron chi connectivity index (χ4n) is 3.43. The molecule has 3 aromatic rings. The molecule has 1 aromatic heterocycles. The van der Waals surface area contributed by atoms with Gasteiger partial charge in [0.1, 0.15) is 5.82 Å². The lowest BCUT2D eigenvalue weighted by atomic mass is 10.1. The number of nitrogens with zero attached hydrogens (tertiary/aromatic N) is 2. The van der Waals surface area contributed by atoms with Gasteiger partial charge in [-0.2, -0.15) is 4.31 Å². The summed E-state index contributed by atoms with van der Waals surface area (Å²) in [5.74, 6) is -1.69. The minimum atomic E-state index is -3.99. The van der Waals surface area contributed by atoms with Crippen LogP contribution >= 0.6 is 0 Å². The average Bonchev–Trinajstić information content (AvgIpc) is 2.83. The summed E-state index contributed by atoms with van der Waals surface area (Å²) in [5, 5.41) is 2.57. The highest BCUT2D eigenvalue weighted by Gasteiger charge is 2.30. The third kappa shape index (κ3) is 5.07. The molecule has 0 aliphatic carbocycles. The number of halogens is 1. The van der Waals surface area contributed by atoms with Crippen LogP contribution in [0.15, 0.2) is 77.8 Å². The van der Waals surface area contributed by atoms with Gasteiger partial charge in [-0.25, -0.2) is 17.6 Å². The molecule has 0 radical (unpaired) electrons. The largest absolute Gasteiger partial charge is 0.447 e. The molecule has 2 heterocycles. The minimum Gasteiger partial charge on any atom is -0.447 e. The number of hydrogen-bond donors (Lipinski definition) is 1. The summed E-state index contributed by atoms with van der Waals surface area (Å²) in [6, 6.07) is 16.1. The SMILES string of the molecule is O=C1CN(S(=O)(=O)c2cccc(C(=O)OC(c3cccc(F)c3)c3ccccn3)c2)CCN1. The topological polar surface area (TPSA) is 106 Å². The second-order valence-corrected chi connectivity index (χ2v) is 9.25. The number of nitrogens with one attached hydrogen (secondary N) is 1. The second kappa shape index (κ2) is 9.47. The molecular weight excluding hydrogens is 449 g/mol. The molecule has 1 unspecified atom stereocenters. The standard InChI is InChI=1S/C23H20FN3O5S/c24-18-7-3-5-16(13-18)22(20-9-1-2-10-25-20)32-23(29)17-6-4-8-19(14-17)33(30,31)27-12-11-26-21(28)15-27/h1-10,13-14,22H,11-12,15H2,(H,26,28). The van der Waals surface area contributed by atoms with Gasteiger partial charge in [-0.05, 0) is 42.5 Å². The quantitative estimate of drug-likeness (QED) is 0.556.